The van der Waals surface area contributed by atoms with E-state index in [2.05, 4.69) is 10.6 Å². The SMILES string of the molecule is CSCCC(NC(=O)C(N)Cc1ccccc1)C(=O)NC(C(=O)N1CCCC1C(=O)O)C(C)O. The number of nitrogens with zero attached hydrogens (tertiary/aromatic N) is 1. The fourth-order valence-corrected chi connectivity index (χ4v) is 4.32. The minimum Gasteiger partial charge on any atom is -0.480 e. The topological polar surface area (TPSA) is 162 Å². The zero-order valence-corrected chi connectivity index (χ0v) is 20.3. The number of hydrogen-bond donors (Lipinski definition) is 5. The third kappa shape index (κ3) is 7.71. The van der Waals surface area contributed by atoms with Crippen LogP contribution in [0.5, 0.6) is 0 Å². The van der Waals surface area contributed by atoms with Gasteiger partial charge in [-0.2, -0.15) is 11.8 Å². The van der Waals surface area contributed by atoms with Crippen LogP contribution in [0.1, 0.15) is 31.7 Å². The van der Waals surface area contributed by atoms with Crippen molar-refractivity contribution in [1.82, 2.24) is 15.5 Å². The van der Waals surface area contributed by atoms with Gasteiger partial charge in [-0.1, -0.05) is 30.3 Å². The molecule has 188 valence electrons. The van der Waals surface area contributed by atoms with E-state index in [4.69, 9.17) is 5.73 Å². The van der Waals surface area contributed by atoms with Gasteiger partial charge < -0.3 is 31.5 Å². The van der Waals surface area contributed by atoms with Crippen LogP contribution >= 0.6 is 11.8 Å². The van der Waals surface area contributed by atoms with E-state index in [1.54, 1.807) is 0 Å². The van der Waals surface area contributed by atoms with Crippen LogP contribution in [0.25, 0.3) is 0 Å². The Hall–Kier alpha value is -2.63. The number of aliphatic carboxylic acids is 1. The number of carboxylic acids is 1. The van der Waals surface area contributed by atoms with Crippen LogP contribution in [-0.2, 0) is 25.6 Å². The second-order valence-corrected chi connectivity index (χ2v) is 9.38. The summed E-state index contributed by atoms with van der Waals surface area (Å²) in [6.07, 6.45) is 2.02. The lowest BCUT2D eigenvalue weighted by Gasteiger charge is -2.30. The van der Waals surface area contributed by atoms with Crippen molar-refractivity contribution in [3.8, 4) is 0 Å². The number of carbonyl (C=O) groups excluding carboxylic acids is 3. The van der Waals surface area contributed by atoms with E-state index >= 15 is 0 Å². The number of aliphatic hydroxyl groups excluding tert-OH is 1. The number of hydrogen-bond acceptors (Lipinski definition) is 7. The molecule has 2 rings (SSSR count). The highest BCUT2D eigenvalue weighted by molar-refractivity contribution is 7.98. The molecule has 1 aliphatic rings. The minimum atomic E-state index is -1.33. The van der Waals surface area contributed by atoms with Crippen molar-refractivity contribution < 1.29 is 29.4 Å². The zero-order valence-electron chi connectivity index (χ0n) is 19.5. The fraction of sp³-hybridized carbons (Fsp3) is 0.565. The Kier molecular flexibility index (Phi) is 10.8. The highest BCUT2D eigenvalue weighted by Gasteiger charge is 2.40. The molecule has 5 unspecified atom stereocenters. The van der Waals surface area contributed by atoms with E-state index in [0.29, 0.717) is 31.4 Å². The average Bonchev–Trinajstić information content (AvgIpc) is 3.30. The number of nitrogens with one attached hydrogen (secondary N) is 2. The standard InChI is InChI=1S/C23H34N4O6S/c1-14(28)19(22(31)27-11-6-9-18(27)23(32)33)26-21(30)17(10-12-34-2)25-20(29)16(24)13-15-7-4-3-5-8-15/h3-5,7-8,14,16-19,28H,6,9-13,24H2,1-2H3,(H,25,29)(H,26,30)(H,32,33). The molecule has 34 heavy (non-hydrogen) atoms. The Morgan fingerprint density at radius 1 is 1.18 bits per heavy atom. The molecule has 0 aliphatic carbocycles. The Balaban J connectivity index is 2.08. The predicted molar refractivity (Wildman–Crippen MR) is 129 cm³/mol. The van der Waals surface area contributed by atoms with Crippen molar-refractivity contribution in [2.75, 3.05) is 18.6 Å². The van der Waals surface area contributed by atoms with Gasteiger partial charge in [0.1, 0.15) is 18.1 Å². The summed E-state index contributed by atoms with van der Waals surface area (Å²) in [7, 11) is 0. The summed E-state index contributed by atoms with van der Waals surface area (Å²) >= 11 is 1.49. The maximum absolute atomic E-state index is 13.0. The highest BCUT2D eigenvalue weighted by atomic mass is 32.2. The van der Waals surface area contributed by atoms with Crippen LogP contribution in [0.2, 0.25) is 0 Å². The first-order valence-electron chi connectivity index (χ1n) is 11.3. The molecular weight excluding hydrogens is 460 g/mol. The molecule has 0 spiro atoms. The second-order valence-electron chi connectivity index (χ2n) is 8.39. The predicted octanol–water partition coefficient (Wildman–Crippen LogP) is -0.264. The number of thioether (sulfide) groups is 1. The smallest absolute Gasteiger partial charge is 0.326 e. The fourth-order valence-electron chi connectivity index (χ4n) is 3.85. The van der Waals surface area contributed by atoms with Gasteiger partial charge in [0.15, 0.2) is 0 Å². The van der Waals surface area contributed by atoms with Crippen LogP contribution in [0.4, 0.5) is 0 Å². The molecule has 1 aromatic carbocycles. The molecule has 1 aliphatic heterocycles. The number of carbonyl (C=O) groups is 4. The van der Waals surface area contributed by atoms with Gasteiger partial charge in [0.2, 0.25) is 17.7 Å². The molecule has 6 N–H and O–H groups in total. The van der Waals surface area contributed by atoms with E-state index in [9.17, 15) is 29.4 Å². The van der Waals surface area contributed by atoms with Crippen LogP contribution in [-0.4, -0.2) is 87.6 Å². The van der Waals surface area contributed by atoms with Crippen molar-refractivity contribution in [2.45, 2.75) is 62.9 Å². The summed E-state index contributed by atoms with van der Waals surface area (Å²) in [5.74, 6) is -2.37. The van der Waals surface area contributed by atoms with Crippen LogP contribution in [0.3, 0.4) is 0 Å². The number of likely N-dealkylation sites (tertiary alicyclic amines) is 1. The Bertz CT molecular complexity index is 853. The van der Waals surface area contributed by atoms with Crippen LogP contribution in [0, 0.1) is 0 Å². The number of carboxylic acid groups (broad SMARTS) is 1. The van der Waals surface area contributed by atoms with E-state index in [0.717, 1.165) is 5.56 Å². The Morgan fingerprint density at radius 3 is 2.44 bits per heavy atom. The van der Waals surface area contributed by atoms with E-state index in [1.807, 2.05) is 36.6 Å². The normalized spacial score (nSPS) is 19.1. The monoisotopic (exact) mass is 494 g/mol. The molecule has 5 atom stereocenters. The molecule has 1 saturated heterocycles. The lowest BCUT2D eigenvalue weighted by molar-refractivity contribution is -0.150. The molecule has 0 aromatic heterocycles. The molecular formula is C23H34N4O6S. The first-order valence-corrected chi connectivity index (χ1v) is 12.7. The third-order valence-electron chi connectivity index (χ3n) is 5.75. The van der Waals surface area contributed by atoms with Gasteiger partial charge in [0, 0.05) is 6.54 Å². The molecule has 1 aromatic rings. The number of nitrogens with two attached hydrogens (primary N) is 1. The van der Waals surface area contributed by atoms with E-state index in [-0.39, 0.29) is 6.54 Å². The molecule has 10 nitrogen and oxygen atoms in total. The molecule has 1 fully saturated rings. The van der Waals surface area contributed by atoms with Gasteiger partial charge in [-0.25, -0.2) is 4.79 Å². The van der Waals surface area contributed by atoms with E-state index < -0.39 is 54.0 Å². The molecule has 0 bridgehead atoms. The Labute approximate surface area is 203 Å². The van der Waals surface area contributed by atoms with Gasteiger partial charge in [-0.05, 0) is 50.2 Å². The lowest BCUT2D eigenvalue weighted by atomic mass is 10.0. The molecule has 0 saturated carbocycles. The summed E-state index contributed by atoms with van der Waals surface area (Å²) in [5, 5.41) is 24.7. The first-order chi connectivity index (χ1) is 16.1. The third-order valence-corrected chi connectivity index (χ3v) is 6.39. The van der Waals surface area contributed by atoms with Crippen molar-refractivity contribution in [2.24, 2.45) is 5.73 Å². The summed E-state index contributed by atoms with van der Waals surface area (Å²) in [4.78, 5) is 51.4. The lowest BCUT2D eigenvalue weighted by Crippen LogP contribution is -2.60. The van der Waals surface area contributed by atoms with Gasteiger partial charge in [-0.15, -0.1) is 0 Å². The van der Waals surface area contributed by atoms with Gasteiger partial charge >= 0.3 is 5.97 Å². The van der Waals surface area contributed by atoms with Crippen molar-refractivity contribution in [3.05, 3.63) is 35.9 Å². The average molecular weight is 495 g/mol. The quantitative estimate of drug-likeness (QED) is 0.265. The first kappa shape index (κ1) is 27.6. The summed E-state index contributed by atoms with van der Waals surface area (Å²) in [6.45, 7) is 1.58. The van der Waals surface area contributed by atoms with Gasteiger partial charge in [0.05, 0.1) is 12.1 Å². The maximum Gasteiger partial charge on any atom is 0.326 e. The van der Waals surface area contributed by atoms with E-state index in [1.165, 1.54) is 23.6 Å². The highest BCUT2D eigenvalue weighted by Crippen LogP contribution is 2.19. The van der Waals surface area contributed by atoms with Crippen molar-refractivity contribution >= 4 is 35.5 Å². The van der Waals surface area contributed by atoms with Crippen molar-refractivity contribution in [3.63, 3.8) is 0 Å². The summed E-state index contributed by atoms with van der Waals surface area (Å²) < 4.78 is 0. The number of aliphatic hydroxyl groups is 1. The molecule has 1 heterocycles. The zero-order chi connectivity index (χ0) is 25.3. The summed E-state index contributed by atoms with van der Waals surface area (Å²) in [6, 6.07) is 5.09. The number of amides is 3. The molecule has 11 heteroatoms. The maximum atomic E-state index is 13.0. The van der Waals surface area contributed by atoms with Gasteiger partial charge in [0.25, 0.3) is 0 Å². The van der Waals surface area contributed by atoms with Gasteiger partial charge in [-0.3, -0.25) is 14.4 Å². The number of rotatable bonds is 12. The molecule has 3 amide bonds. The van der Waals surface area contributed by atoms with Crippen LogP contribution in [0.15, 0.2) is 30.3 Å². The Morgan fingerprint density at radius 2 is 1.85 bits per heavy atom. The molecule has 0 radical (unpaired) electrons. The largest absolute Gasteiger partial charge is 0.480 e. The number of benzene rings is 1. The second kappa shape index (κ2) is 13.3. The van der Waals surface area contributed by atoms with Crippen LogP contribution < -0.4 is 16.4 Å². The minimum absolute atomic E-state index is 0.232. The summed E-state index contributed by atoms with van der Waals surface area (Å²) in [5.41, 5.74) is 6.93. The van der Waals surface area contributed by atoms with Crippen molar-refractivity contribution in [1.29, 1.82) is 0 Å².